The van der Waals surface area contributed by atoms with E-state index in [1.54, 1.807) is 14.2 Å². The minimum Gasteiger partial charge on any atom is -0.493 e. The zero-order valence-corrected chi connectivity index (χ0v) is 12.1. The SMILES string of the molecule is COc1ccc(C2CCCCC2CC(=O)O)cc1OC. The predicted octanol–water partition coefficient (Wildman–Crippen LogP) is 3.45. The summed E-state index contributed by atoms with van der Waals surface area (Å²) in [6.07, 6.45) is 4.58. The Labute approximate surface area is 119 Å². The van der Waals surface area contributed by atoms with Gasteiger partial charge in [0.15, 0.2) is 11.5 Å². The number of carbonyl (C=O) groups is 1. The Bertz CT molecular complexity index is 470. The van der Waals surface area contributed by atoms with Crippen LogP contribution >= 0.6 is 0 Å². The van der Waals surface area contributed by atoms with Crippen LogP contribution in [0.5, 0.6) is 11.5 Å². The second kappa shape index (κ2) is 6.64. The Morgan fingerprint density at radius 2 is 1.90 bits per heavy atom. The summed E-state index contributed by atoms with van der Waals surface area (Å²) in [6, 6.07) is 5.93. The summed E-state index contributed by atoms with van der Waals surface area (Å²) in [5.41, 5.74) is 1.16. The van der Waals surface area contributed by atoms with E-state index in [0.717, 1.165) is 31.2 Å². The number of ether oxygens (including phenoxy) is 2. The molecule has 0 aliphatic heterocycles. The zero-order valence-electron chi connectivity index (χ0n) is 12.1. The fourth-order valence-corrected chi connectivity index (χ4v) is 3.20. The number of methoxy groups -OCH3 is 2. The van der Waals surface area contributed by atoms with Crippen LogP contribution in [0.25, 0.3) is 0 Å². The maximum absolute atomic E-state index is 11.0. The topological polar surface area (TPSA) is 55.8 Å². The van der Waals surface area contributed by atoms with Crippen LogP contribution in [0.2, 0.25) is 0 Å². The summed E-state index contributed by atoms with van der Waals surface area (Å²) < 4.78 is 10.6. The van der Waals surface area contributed by atoms with Crippen molar-refractivity contribution in [2.75, 3.05) is 14.2 Å². The van der Waals surface area contributed by atoms with Gasteiger partial charge in [-0.05, 0) is 42.4 Å². The molecule has 2 unspecified atom stereocenters. The maximum atomic E-state index is 11.0. The minimum atomic E-state index is -0.706. The molecule has 0 spiro atoms. The number of hydrogen-bond acceptors (Lipinski definition) is 3. The molecule has 1 fully saturated rings. The van der Waals surface area contributed by atoms with Crippen LogP contribution < -0.4 is 9.47 Å². The van der Waals surface area contributed by atoms with Crippen molar-refractivity contribution in [2.45, 2.75) is 38.0 Å². The summed E-state index contributed by atoms with van der Waals surface area (Å²) in [7, 11) is 3.24. The highest BCUT2D eigenvalue weighted by atomic mass is 16.5. The molecular weight excluding hydrogens is 256 g/mol. The monoisotopic (exact) mass is 278 g/mol. The molecule has 2 rings (SSSR count). The summed E-state index contributed by atoms with van der Waals surface area (Å²) in [6.45, 7) is 0. The number of carboxylic acids is 1. The summed E-state index contributed by atoms with van der Waals surface area (Å²) in [5, 5.41) is 9.07. The lowest BCUT2D eigenvalue weighted by molar-refractivity contribution is -0.138. The smallest absolute Gasteiger partial charge is 0.303 e. The van der Waals surface area contributed by atoms with E-state index in [1.165, 1.54) is 0 Å². The molecule has 2 atom stereocenters. The molecule has 1 saturated carbocycles. The first-order valence-corrected chi connectivity index (χ1v) is 7.09. The van der Waals surface area contributed by atoms with Gasteiger partial charge in [0.05, 0.1) is 14.2 Å². The zero-order chi connectivity index (χ0) is 14.5. The Kier molecular flexibility index (Phi) is 4.88. The van der Waals surface area contributed by atoms with Crippen molar-refractivity contribution in [2.24, 2.45) is 5.92 Å². The van der Waals surface area contributed by atoms with E-state index in [0.29, 0.717) is 17.4 Å². The van der Waals surface area contributed by atoms with E-state index >= 15 is 0 Å². The van der Waals surface area contributed by atoms with Crippen LogP contribution in [0.4, 0.5) is 0 Å². The fourth-order valence-electron chi connectivity index (χ4n) is 3.20. The first-order valence-electron chi connectivity index (χ1n) is 7.09. The molecule has 1 aromatic carbocycles. The largest absolute Gasteiger partial charge is 0.493 e. The molecule has 1 aromatic rings. The number of benzene rings is 1. The molecule has 0 aromatic heterocycles. The van der Waals surface area contributed by atoms with Gasteiger partial charge < -0.3 is 14.6 Å². The molecule has 1 N–H and O–H groups in total. The van der Waals surface area contributed by atoms with E-state index in [4.69, 9.17) is 14.6 Å². The molecular formula is C16H22O4. The molecule has 4 heteroatoms. The Balaban J connectivity index is 2.25. The maximum Gasteiger partial charge on any atom is 0.303 e. The highest BCUT2D eigenvalue weighted by Crippen LogP contribution is 2.42. The summed E-state index contributed by atoms with van der Waals surface area (Å²) >= 11 is 0. The first kappa shape index (κ1) is 14.7. The molecule has 20 heavy (non-hydrogen) atoms. The van der Waals surface area contributed by atoms with Crippen LogP contribution in [0.15, 0.2) is 18.2 Å². The van der Waals surface area contributed by atoms with E-state index in [2.05, 4.69) is 0 Å². The van der Waals surface area contributed by atoms with Gasteiger partial charge in [0.2, 0.25) is 0 Å². The van der Waals surface area contributed by atoms with E-state index in [-0.39, 0.29) is 12.3 Å². The van der Waals surface area contributed by atoms with Crippen molar-refractivity contribution in [3.63, 3.8) is 0 Å². The van der Waals surface area contributed by atoms with Crippen LogP contribution in [0.3, 0.4) is 0 Å². The predicted molar refractivity (Wildman–Crippen MR) is 76.5 cm³/mol. The van der Waals surface area contributed by atoms with E-state index < -0.39 is 5.97 Å². The Morgan fingerprint density at radius 3 is 2.55 bits per heavy atom. The molecule has 1 aliphatic carbocycles. The third-order valence-corrected chi connectivity index (χ3v) is 4.18. The molecule has 0 bridgehead atoms. The molecule has 0 radical (unpaired) electrons. The quantitative estimate of drug-likeness (QED) is 0.896. The molecule has 110 valence electrons. The molecule has 0 saturated heterocycles. The normalized spacial score (nSPS) is 22.3. The molecule has 1 aliphatic rings. The standard InChI is InChI=1S/C16H22O4/c1-19-14-8-7-12(9-15(14)20-2)13-6-4-3-5-11(13)10-16(17)18/h7-9,11,13H,3-6,10H2,1-2H3,(H,17,18). The number of hydrogen-bond donors (Lipinski definition) is 1. The van der Waals surface area contributed by atoms with E-state index in [9.17, 15) is 4.79 Å². The fraction of sp³-hybridized carbons (Fsp3) is 0.562. The van der Waals surface area contributed by atoms with Gasteiger partial charge in [-0.3, -0.25) is 4.79 Å². The molecule has 0 heterocycles. The number of rotatable bonds is 5. The third kappa shape index (κ3) is 3.24. The Hall–Kier alpha value is -1.71. The van der Waals surface area contributed by atoms with Gasteiger partial charge in [0, 0.05) is 6.42 Å². The van der Waals surface area contributed by atoms with Crippen LogP contribution in [0, 0.1) is 5.92 Å². The number of carboxylic acid groups (broad SMARTS) is 1. The molecule has 4 nitrogen and oxygen atoms in total. The minimum absolute atomic E-state index is 0.222. The van der Waals surface area contributed by atoms with Crippen molar-refractivity contribution in [3.05, 3.63) is 23.8 Å². The lowest BCUT2D eigenvalue weighted by Gasteiger charge is -2.31. The Morgan fingerprint density at radius 1 is 1.20 bits per heavy atom. The van der Waals surface area contributed by atoms with Crippen molar-refractivity contribution in [1.82, 2.24) is 0 Å². The highest BCUT2D eigenvalue weighted by Gasteiger charge is 2.28. The average Bonchev–Trinajstić information content (AvgIpc) is 2.46. The molecule has 0 amide bonds. The van der Waals surface area contributed by atoms with Crippen molar-refractivity contribution < 1.29 is 19.4 Å². The van der Waals surface area contributed by atoms with Crippen LogP contribution in [0.1, 0.15) is 43.6 Å². The van der Waals surface area contributed by atoms with Gasteiger partial charge in [-0.15, -0.1) is 0 Å². The van der Waals surface area contributed by atoms with Gasteiger partial charge in [-0.2, -0.15) is 0 Å². The van der Waals surface area contributed by atoms with Gasteiger partial charge in [-0.25, -0.2) is 0 Å². The van der Waals surface area contributed by atoms with E-state index in [1.807, 2.05) is 18.2 Å². The van der Waals surface area contributed by atoms with Gasteiger partial charge in [0.25, 0.3) is 0 Å². The highest BCUT2D eigenvalue weighted by molar-refractivity contribution is 5.67. The summed E-state index contributed by atoms with van der Waals surface area (Å²) in [4.78, 5) is 11.0. The number of aliphatic carboxylic acids is 1. The third-order valence-electron chi connectivity index (χ3n) is 4.18. The lowest BCUT2D eigenvalue weighted by Crippen LogP contribution is -2.20. The van der Waals surface area contributed by atoms with Gasteiger partial charge >= 0.3 is 5.97 Å². The van der Waals surface area contributed by atoms with Crippen LogP contribution in [-0.4, -0.2) is 25.3 Å². The lowest BCUT2D eigenvalue weighted by atomic mass is 9.74. The summed E-state index contributed by atoms with van der Waals surface area (Å²) in [5.74, 6) is 1.24. The average molecular weight is 278 g/mol. The van der Waals surface area contributed by atoms with Gasteiger partial charge in [0.1, 0.15) is 0 Å². The van der Waals surface area contributed by atoms with Crippen molar-refractivity contribution in [3.8, 4) is 11.5 Å². The van der Waals surface area contributed by atoms with Crippen molar-refractivity contribution >= 4 is 5.97 Å². The second-order valence-electron chi connectivity index (χ2n) is 5.36. The van der Waals surface area contributed by atoms with Gasteiger partial charge in [-0.1, -0.05) is 18.9 Å². The second-order valence-corrected chi connectivity index (χ2v) is 5.36. The first-order chi connectivity index (χ1) is 9.65. The van der Waals surface area contributed by atoms with Crippen LogP contribution in [-0.2, 0) is 4.79 Å². The van der Waals surface area contributed by atoms with Crippen molar-refractivity contribution in [1.29, 1.82) is 0 Å².